The molecule has 0 radical (unpaired) electrons. The van der Waals surface area contributed by atoms with E-state index in [1.54, 1.807) is 55.5 Å². The Balaban J connectivity index is 1.26. The summed E-state index contributed by atoms with van der Waals surface area (Å²) in [5.74, 6) is -0.905. The van der Waals surface area contributed by atoms with Crippen molar-refractivity contribution in [1.82, 2.24) is 5.32 Å². The van der Waals surface area contributed by atoms with Gasteiger partial charge >= 0.3 is 5.97 Å². The number of carbonyl (C=O) groups excluding carboxylic acids is 4. The number of anilines is 2. The summed E-state index contributed by atoms with van der Waals surface area (Å²) in [7, 11) is 0. The molecule has 3 amide bonds. The Kier molecular flexibility index (Phi) is 11.3. The van der Waals surface area contributed by atoms with Crippen LogP contribution in [0, 0.1) is 12.8 Å². The van der Waals surface area contributed by atoms with Crippen molar-refractivity contribution in [3.63, 3.8) is 0 Å². The fourth-order valence-electron chi connectivity index (χ4n) is 5.30. The van der Waals surface area contributed by atoms with Crippen LogP contribution < -0.4 is 16.0 Å². The summed E-state index contributed by atoms with van der Waals surface area (Å²) in [5.41, 5.74) is 4.29. The molecule has 4 aromatic rings. The van der Waals surface area contributed by atoms with Crippen molar-refractivity contribution in [3.05, 3.63) is 117 Å². The van der Waals surface area contributed by atoms with Crippen molar-refractivity contribution in [3.8, 4) is 0 Å². The van der Waals surface area contributed by atoms with Crippen molar-refractivity contribution in [2.45, 2.75) is 44.9 Å². The Morgan fingerprint density at radius 2 is 1.77 bits per heavy atom. The van der Waals surface area contributed by atoms with E-state index in [2.05, 4.69) is 22.9 Å². The number of thiophene rings is 1. The van der Waals surface area contributed by atoms with Gasteiger partial charge in [0.2, 0.25) is 5.91 Å². The largest absolute Gasteiger partial charge is 0.462 e. The van der Waals surface area contributed by atoms with Crippen molar-refractivity contribution >= 4 is 63.6 Å². The van der Waals surface area contributed by atoms with Gasteiger partial charge in [-0.25, -0.2) is 4.79 Å². The van der Waals surface area contributed by atoms with Crippen LogP contribution in [0.2, 0.25) is 0 Å². The third-order valence-corrected chi connectivity index (χ3v) is 9.75. The predicted molar refractivity (Wildman–Crippen MR) is 189 cm³/mol. The quantitative estimate of drug-likeness (QED) is 0.0868. The smallest absolute Gasteiger partial charge is 0.341 e. The van der Waals surface area contributed by atoms with Crippen LogP contribution in [0.5, 0.6) is 0 Å². The summed E-state index contributed by atoms with van der Waals surface area (Å²) >= 11 is 2.77. The number of esters is 1. The van der Waals surface area contributed by atoms with Crippen molar-refractivity contribution in [2.75, 3.05) is 23.0 Å². The average molecular weight is 668 g/mol. The zero-order chi connectivity index (χ0) is 33.3. The molecule has 1 atom stereocenters. The molecule has 1 aromatic heterocycles. The van der Waals surface area contributed by atoms with Crippen LogP contribution in [0.25, 0.3) is 6.08 Å². The molecule has 1 heterocycles. The fraction of sp³-hybridized carbons (Fsp3) is 0.243. The summed E-state index contributed by atoms with van der Waals surface area (Å²) in [6.45, 7) is 6.18. The van der Waals surface area contributed by atoms with E-state index in [0.717, 1.165) is 45.7 Å². The number of carbonyl (C=O) groups is 4. The Morgan fingerprint density at radius 3 is 2.53 bits per heavy atom. The molecular formula is C37H37N3O5S2. The number of nitrogens with one attached hydrogen (secondary N) is 3. The standard InChI is InChI=1S/C37H37N3O5S2/c1-4-45-37(44)33-29-17-16-24(3)19-31(29)47-36(33)40-32(41)22-46-28-15-9-14-27(21-28)38-35(43)30(20-25-11-8-10-23(2)18-25)39-34(42)26-12-6-5-7-13-26/h5-15,18,20-21,24H,4,16-17,19,22H2,1-3H3,(H,38,43)(H,39,42)(H,40,41)/b30-20+. The molecule has 1 aliphatic carbocycles. The van der Waals surface area contributed by atoms with Crippen molar-refractivity contribution < 1.29 is 23.9 Å². The molecule has 0 fully saturated rings. The van der Waals surface area contributed by atoms with E-state index in [1.807, 2.05) is 43.3 Å². The molecule has 242 valence electrons. The maximum absolute atomic E-state index is 13.5. The maximum Gasteiger partial charge on any atom is 0.341 e. The van der Waals surface area contributed by atoms with Gasteiger partial charge in [-0.15, -0.1) is 23.1 Å². The number of rotatable bonds is 11. The van der Waals surface area contributed by atoms with Gasteiger partial charge < -0.3 is 20.7 Å². The Labute approximate surface area is 283 Å². The molecule has 3 N–H and O–H groups in total. The van der Waals surface area contributed by atoms with E-state index in [1.165, 1.54) is 23.1 Å². The van der Waals surface area contributed by atoms with Crippen LogP contribution in [0.15, 0.2) is 89.5 Å². The molecule has 1 unspecified atom stereocenters. The van der Waals surface area contributed by atoms with Crippen LogP contribution >= 0.6 is 23.1 Å². The number of benzene rings is 3. The average Bonchev–Trinajstić information content (AvgIpc) is 3.40. The predicted octanol–water partition coefficient (Wildman–Crippen LogP) is 7.50. The van der Waals surface area contributed by atoms with Crippen LogP contribution in [-0.4, -0.2) is 36.1 Å². The van der Waals surface area contributed by atoms with Crippen molar-refractivity contribution in [2.24, 2.45) is 5.92 Å². The van der Waals surface area contributed by atoms with Crippen LogP contribution in [0.3, 0.4) is 0 Å². The lowest BCUT2D eigenvalue weighted by Crippen LogP contribution is -2.30. The number of hydrogen-bond acceptors (Lipinski definition) is 7. The minimum Gasteiger partial charge on any atom is -0.462 e. The molecular weight excluding hydrogens is 631 g/mol. The first-order chi connectivity index (χ1) is 22.7. The van der Waals surface area contributed by atoms with Crippen molar-refractivity contribution in [1.29, 1.82) is 0 Å². The highest BCUT2D eigenvalue weighted by atomic mass is 32.2. The second-order valence-corrected chi connectivity index (χ2v) is 13.5. The summed E-state index contributed by atoms with van der Waals surface area (Å²) in [6, 6.07) is 23.5. The molecule has 8 nitrogen and oxygen atoms in total. The molecule has 10 heteroatoms. The van der Waals surface area contributed by atoms with Gasteiger partial charge in [-0.1, -0.05) is 61.0 Å². The molecule has 0 spiro atoms. The van der Waals surface area contributed by atoms with Gasteiger partial charge in [-0.3, -0.25) is 14.4 Å². The minimum atomic E-state index is -0.488. The minimum absolute atomic E-state index is 0.0901. The Hall–Kier alpha value is -4.67. The lowest BCUT2D eigenvalue weighted by Gasteiger charge is -2.18. The normalized spacial score (nSPS) is 14.1. The molecule has 47 heavy (non-hydrogen) atoms. The molecule has 0 saturated carbocycles. The highest BCUT2D eigenvalue weighted by Gasteiger charge is 2.29. The van der Waals surface area contributed by atoms with E-state index in [0.29, 0.717) is 27.7 Å². The van der Waals surface area contributed by atoms with Crippen LogP contribution in [0.1, 0.15) is 62.6 Å². The van der Waals surface area contributed by atoms with Gasteiger partial charge in [0.25, 0.3) is 11.8 Å². The first-order valence-electron chi connectivity index (χ1n) is 15.5. The second kappa shape index (κ2) is 15.8. The van der Waals surface area contributed by atoms with E-state index in [9.17, 15) is 19.2 Å². The summed E-state index contributed by atoms with van der Waals surface area (Å²) in [4.78, 5) is 54.2. The van der Waals surface area contributed by atoms with Gasteiger partial charge in [0.05, 0.1) is 17.9 Å². The second-order valence-electron chi connectivity index (χ2n) is 11.4. The van der Waals surface area contributed by atoms with E-state index in [4.69, 9.17) is 4.74 Å². The molecule has 5 rings (SSSR count). The lowest BCUT2D eigenvalue weighted by atomic mass is 9.88. The number of hydrogen-bond donors (Lipinski definition) is 3. The zero-order valence-electron chi connectivity index (χ0n) is 26.6. The first-order valence-corrected chi connectivity index (χ1v) is 17.3. The molecule has 3 aromatic carbocycles. The molecule has 1 aliphatic rings. The number of thioether (sulfide) groups is 1. The molecule has 0 saturated heterocycles. The van der Waals surface area contributed by atoms with Gasteiger partial charge in [-0.2, -0.15) is 0 Å². The van der Waals surface area contributed by atoms with Gasteiger partial charge in [0.1, 0.15) is 10.7 Å². The maximum atomic E-state index is 13.5. The number of aryl methyl sites for hydroxylation is 1. The van der Waals surface area contributed by atoms with Crippen LogP contribution in [-0.2, 0) is 27.2 Å². The van der Waals surface area contributed by atoms with Gasteiger partial charge in [-0.05, 0) is 86.6 Å². The number of fused-ring (bicyclic) bond motifs is 1. The summed E-state index contributed by atoms with van der Waals surface area (Å²) < 4.78 is 5.32. The van der Waals surface area contributed by atoms with E-state index >= 15 is 0 Å². The fourth-order valence-corrected chi connectivity index (χ4v) is 7.47. The topological polar surface area (TPSA) is 114 Å². The number of amides is 3. The third kappa shape index (κ3) is 8.99. The summed E-state index contributed by atoms with van der Waals surface area (Å²) in [6.07, 6.45) is 4.31. The van der Waals surface area contributed by atoms with Gasteiger partial charge in [0.15, 0.2) is 0 Å². The monoisotopic (exact) mass is 667 g/mol. The third-order valence-electron chi connectivity index (χ3n) is 7.59. The van der Waals surface area contributed by atoms with Gasteiger partial charge in [0, 0.05) is 21.0 Å². The lowest BCUT2D eigenvalue weighted by molar-refractivity contribution is -0.114. The first kappa shape index (κ1) is 33.7. The van der Waals surface area contributed by atoms with E-state index in [-0.39, 0.29) is 24.0 Å². The number of ether oxygens (including phenoxy) is 1. The Bertz CT molecular complexity index is 1820. The summed E-state index contributed by atoms with van der Waals surface area (Å²) in [5, 5.41) is 9.13. The Morgan fingerprint density at radius 1 is 0.979 bits per heavy atom. The molecule has 0 bridgehead atoms. The zero-order valence-corrected chi connectivity index (χ0v) is 28.2. The molecule has 0 aliphatic heterocycles. The highest BCUT2D eigenvalue weighted by Crippen LogP contribution is 2.40. The van der Waals surface area contributed by atoms with Crippen LogP contribution in [0.4, 0.5) is 10.7 Å². The highest BCUT2D eigenvalue weighted by molar-refractivity contribution is 8.00. The SMILES string of the molecule is CCOC(=O)c1c(NC(=O)CSc2cccc(NC(=O)/C(=C\c3cccc(C)c3)NC(=O)c3ccccc3)c2)sc2c1CCC(C)C2. The van der Waals surface area contributed by atoms with E-state index < -0.39 is 17.8 Å².